The van der Waals surface area contributed by atoms with E-state index >= 15 is 0 Å². The van der Waals surface area contributed by atoms with Crippen LogP contribution in [0.4, 0.5) is 0 Å². The molecule has 7 nitrogen and oxygen atoms in total. The zero-order chi connectivity index (χ0) is 20.3. The fourth-order valence-electron chi connectivity index (χ4n) is 3.11. The van der Waals surface area contributed by atoms with Crippen molar-refractivity contribution in [1.29, 1.82) is 0 Å². The van der Waals surface area contributed by atoms with Crippen LogP contribution in [-0.2, 0) is 17.3 Å². The van der Waals surface area contributed by atoms with Crippen LogP contribution in [0, 0.1) is 6.92 Å². The van der Waals surface area contributed by atoms with Gasteiger partial charge in [-0.25, -0.2) is 4.98 Å². The summed E-state index contributed by atoms with van der Waals surface area (Å²) < 4.78 is 1.67. The monoisotopic (exact) mass is 398 g/mol. The Morgan fingerprint density at radius 3 is 2.57 bits per heavy atom. The standard InChI is InChI=1S/C20H22N4O3S/c1-4-20(19(26)27,15-8-6-5-7-9-15)12-21-17(25)16-13(2)23-18(28-16)14-10-22-24(3)11-14/h5-11H,4,12H2,1-3H3,(H,21,25)(H,26,27). The topological polar surface area (TPSA) is 97.1 Å². The molecule has 0 spiro atoms. The second kappa shape index (κ2) is 7.93. The first-order valence-electron chi connectivity index (χ1n) is 8.91. The van der Waals surface area contributed by atoms with Crippen LogP contribution in [0.3, 0.4) is 0 Å². The average molecular weight is 398 g/mol. The maximum absolute atomic E-state index is 12.8. The number of nitrogens with zero attached hydrogens (tertiary/aromatic N) is 3. The van der Waals surface area contributed by atoms with E-state index in [0.717, 1.165) is 5.56 Å². The smallest absolute Gasteiger partial charge is 0.315 e. The Labute approximate surface area is 167 Å². The number of aryl methyl sites for hydroxylation is 2. The molecule has 2 N–H and O–H groups in total. The Bertz CT molecular complexity index is 996. The summed E-state index contributed by atoms with van der Waals surface area (Å²) in [6.45, 7) is 3.58. The molecule has 0 fully saturated rings. The van der Waals surface area contributed by atoms with Gasteiger partial charge in [-0.2, -0.15) is 5.10 Å². The highest BCUT2D eigenvalue weighted by Gasteiger charge is 2.39. The first-order valence-corrected chi connectivity index (χ1v) is 9.72. The van der Waals surface area contributed by atoms with Gasteiger partial charge in [0.05, 0.1) is 11.9 Å². The predicted octanol–water partition coefficient (Wildman–Crippen LogP) is 3.01. The maximum Gasteiger partial charge on any atom is 0.315 e. The Hall–Kier alpha value is -3.00. The van der Waals surface area contributed by atoms with Crippen molar-refractivity contribution in [2.75, 3.05) is 6.54 Å². The molecule has 0 bridgehead atoms. The van der Waals surface area contributed by atoms with E-state index in [1.54, 1.807) is 42.1 Å². The molecule has 0 aliphatic heterocycles. The number of rotatable bonds is 7. The summed E-state index contributed by atoms with van der Waals surface area (Å²) in [6.07, 6.45) is 3.89. The second-order valence-corrected chi connectivity index (χ2v) is 7.62. The fraction of sp³-hybridized carbons (Fsp3) is 0.300. The third-order valence-electron chi connectivity index (χ3n) is 4.84. The van der Waals surface area contributed by atoms with Crippen LogP contribution in [0.1, 0.15) is 34.3 Å². The fourth-order valence-corrected chi connectivity index (χ4v) is 4.07. The highest BCUT2D eigenvalue weighted by Crippen LogP contribution is 2.30. The zero-order valence-electron chi connectivity index (χ0n) is 16.0. The number of amides is 1. The number of thiazole rings is 1. The minimum atomic E-state index is -1.18. The summed E-state index contributed by atoms with van der Waals surface area (Å²) in [6, 6.07) is 9.01. The van der Waals surface area contributed by atoms with Crippen LogP contribution in [0.25, 0.3) is 10.6 Å². The lowest BCUT2D eigenvalue weighted by Crippen LogP contribution is -2.46. The van der Waals surface area contributed by atoms with Crippen LogP contribution in [0.15, 0.2) is 42.7 Å². The van der Waals surface area contributed by atoms with Crippen molar-refractivity contribution in [2.45, 2.75) is 25.7 Å². The summed E-state index contributed by atoms with van der Waals surface area (Å²) in [4.78, 5) is 29.8. The number of hydrogen-bond donors (Lipinski definition) is 2. The summed E-state index contributed by atoms with van der Waals surface area (Å²) in [5.74, 6) is -1.28. The van der Waals surface area contributed by atoms with Gasteiger partial charge in [-0.05, 0) is 18.9 Å². The van der Waals surface area contributed by atoms with Gasteiger partial charge in [0.1, 0.15) is 15.3 Å². The van der Waals surface area contributed by atoms with E-state index in [9.17, 15) is 14.7 Å². The molecule has 28 heavy (non-hydrogen) atoms. The molecule has 1 amide bonds. The summed E-state index contributed by atoms with van der Waals surface area (Å²) in [5.41, 5.74) is 0.940. The molecule has 2 heterocycles. The molecule has 3 rings (SSSR count). The van der Waals surface area contributed by atoms with E-state index in [0.29, 0.717) is 27.6 Å². The molecule has 146 valence electrons. The molecule has 2 aromatic heterocycles. The molecule has 0 aliphatic rings. The molecular formula is C20H22N4O3S. The minimum Gasteiger partial charge on any atom is -0.481 e. The number of carboxylic acid groups (broad SMARTS) is 1. The number of aromatic nitrogens is 3. The van der Waals surface area contributed by atoms with Gasteiger partial charge >= 0.3 is 5.97 Å². The van der Waals surface area contributed by atoms with E-state index in [1.165, 1.54) is 11.3 Å². The van der Waals surface area contributed by atoms with Gasteiger partial charge in [-0.15, -0.1) is 11.3 Å². The summed E-state index contributed by atoms with van der Waals surface area (Å²) in [7, 11) is 1.82. The zero-order valence-corrected chi connectivity index (χ0v) is 16.8. The molecular weight excluding hydrogens is 376 g/mol. The normalized spacial score (nSPS) is 13.1. The van der Waals surface area contributed by atoms with Gasteiger partial charge in [0.25, 0.3) is 5.91 Å². The Balaban J connectivity index is 1.82. The molecule has 0 saturated carbocycles. The number of nitrogens with one attached hydrogen (secondary N) is 1. The third kappa shape index (κ3) is 3.68. The Kier molecular flexibility index (Phi) is 5.60. The van der Waals surface area contributed by atoms with Crippen molar-refractivity contribution in [2.24, 2.45) is 7.05 Å². The number of benzene rings is 1. The number of carboxylic acids is 1. The van der Waals surface area contributed by atoms with E-state index in [4.69, 9.17) is 0 Å². The molecule has 3 aromatic rings. The third-order valence-corrected chi connectivity index (χ3v) is 6.05. The van der Waals surface area contributed by atoms with E-state index < -0.39 is 11.4 Å². The van der Waals surface area contributed by atoms with Gasteiger partial charge in [-0.3, -0.25) is 14.3 Å². The van der Waals surface area contributed by atoms with E-state index in [-0.39, 0.29) is 12.5 Å². The largest absolute Gasteiger partial charge is 0.481 e. The molecule has 1 unspecified atom stereocenters. The number of hydrogen-bond acceptors (Lipinski definition) is 5. The molecule has 0 aliphatic carbocycles. The average Bonchev–Trinajstić information content (AvgIpc) is 3.28. The quantitative estimate of drug-likeness (QED) is 0.638. The SMILES string of the molecule is CCC(CNC(=O)c1sc(-c2cnn(C)c2)nc1C)(C(=O)O)c1ccccc1. The van der Waals surface area contributed by atoms with Crippen LogP contribution >= 0.6 is 11.3 Å². The van der Waals surface area contributed by atoms with Crippen molar-refractivity contribution in [1.82, 2.24) is 20.1 Å². The van der Waals surface area contributed by atoms with Crippen molar-refractivity contribution >= 4 is 23.2 Å². The molecule has 8 heteroatoms. The molecule has 1 atom stereocenters. The summed E-state index contributed by atoms with van der Waals surface area (Å²) >= 11 is 1.27. The van der Waals surface area contributed by atoms with Crippen LogP contribution < -0.4 is 5.32 Å². The number of carbonyl (C=O) groups excluding carboxylic acids is 1. The lowest BCUT2D eigenvalue weighted by Gasteiger charge is -2.29. The Morgan fingerprint density at radius 2 is 2.00 bits per heavy atom. The number of carbonyl (C=O) groups is 2. The highest BCUT2D eigenvalue weighted by atomic mass is 32.1. The first-order chi connectivity index (χ1) is 13.4. The van der Waals surface area contributed by atoms with Crippen molar-refractivity contribution in [3.05, 3.63) is 58.9 Å². The first kappa shape index (κ1) is 19.8. The van der Waals surface area contributed by atoms with Crippen LogP contribution in [0.5, 0.6) is 0 Å². The molecule has 0 radical (unpaired) electrons. The van der Waals surface area contributed by atoms with Crippen molar-refractivity contribution < 1.29 is 14.7 Å². The highest BCUT2D eigenvalue weighted by molar-refractivity contribution is 7.17. The van der Waals surface area contributed by atoms with Gasteiger partial charge < -0.3 is 10.4 Å². The van der Waals surface area contributed by atoms with Gasteiger partial charge in [0.15, 0.2) is 0 Å². The van der Waals surface area contributed by atoms with Gasteiger partial charge in [-0.1, -0.05) is 37.3 Å². The van der Waals surface area contributed by atoms with Gasteiger partial charge in [0.2, 0.25) is 0 Å². The summed E-state index contributed by atoms with van der Waals surface area (Å²) in [5, 5.41) is 17.5. The molecule has 0 saturated heterocycles. The Morgan fingerprint density at radius 1 is 1.29 bits per heavy atom. The lowest BCUT2D eigenvalue weighted by atomic mass is 9.78. The van der Waals surface area contributed by atoms with Crippen LogP contribution in [-0.4, -0.2) is 38.3 Å². The maximum atomic E-state index is 12.8. The predicted molar refractivity (Wildman–Crippen MR) is 107 cm³/mol. The van der Waals surface area contributed by atoms with E-state index in [2.05, 4.69) is 15.4 Å². The second-order valence-electron chi connectivity index (χ2n) is 6.63. The lowest BCUT2D eigenvalue weighted by molar-refractivity contribution is -0.143. The van der Waals surface area contributed by atoms with Gasteiger partial charge in [0, 0.05) is 25.4 Å². The van der Waals surface area contributed by atoms with E-state index in [1.807, 2.05) is 26.2 Å². The molecule has 1 aromatic carbocycles. The number of aliphatic carboxylic acids is 1. The minimum absolute atomic E-state index is 0.00124. The van der Waals surface area contributed by atoms with Crippen LogP contribution in [0.2, 0.25) is 0 Å². The van der Waals surface area contributed by atoms with Crippen molar-refractivity contribution in [3.63, 3.8) is 0 Å². The van der Waals surface area contributed by atoms with Crippen molar-refractivity contribution in [3.8, 4) is 10.6 Å².